The standard InChI is InChI=1S/C18H22FNO2/c1-10(2)14-7-12(19)8-16-15(14)9-17-13(11(3)18(21)22)5-4-6-20(16)17/h7-11,13H,4-6H2,1-3H3,(H,21,22)/p-1. The van der Waals surface area contributed by atoms with E-state index in [2.05, 4.69) is 10.6 Å². The Morgan fingerprint density at radius 1 is 1.32 bits per heavy atom. The number of nitrogens with zero attached hydrogens (tertiary/aromatic N) is 1. The second kappa shape index (κ2) is 5.41. The molecule has 0 saturated carbocycles. The first kappa shape index (κ1) is 15.1. The van der Waals surface area contributed by atoms with Crippen molar-refractivity contribution in [1.82, 2.24) is 4.57 Å². The lowest BCUT2D eigenvalue weighted by molar-refractivity contribution is -0.311. The average molecular weight is 302 g/mol. The maximum Gasteiger partial charge on any atom is 0.125 e. The van der Waals surface area contributed by atoms with E-state index in [4.69, 9.17) is 0 Å². The highest BCUT2D eigenvalue weighted by Gasteiger charge is 2.28. The molecule has 2 aromatic rings. The highest BCUT2D eigenvalue weighted by atomic mass is 19.1. The molecule has 0 amide bonds. The number of aliphatic carboxylic acids is 1. The third kappa shape index (κ3) is 2.31. The fourth-order valence-corrected chi connectivity index (χ4v) is 3.69. The van der Waals surface area contributed by atoms with Crippen molar-refractivity contribution in [1.29, 1.82) is 0 Å². The van der Waals surface area contributed by atoms with Gasteiger partial charge in [0.15, 0.2) is 0 Å². The third-order valence-electron chi connectivity index (χ3n) is 4.92. The topological polar surface area (TPSA) is 45.1 Å². The van der Waals surface area contributed by atoms with Crippen molar-refractivity contribution in [2.45, 2.75) is 52.0 Å². The molecule has 1 aliphatic rings. The number of fused-ring (bicyclic) bond motifs is 3. The predicted octanol–water partition coefficient (Wildman–Crippen LogP) is 3.17. The van der Waals surface area contributed by atoms with Gasteiger partial charge in [-0.2, -0.15) is 0 Å². The van der Waals surface area contributed by atoms with Crippen molar-refractivity contribution in [3.63, 3.8) is 0 Å². The predicted molar refractivity (Wildman–Crippen MR) is 82.1 cm³/mol. The number of carboxylic acid groups (broad SMARTS) is 1. The molecule has 1 aromatic heterocycles. The second-order valence-corrected chi connectivity index (χ2v) is 6.66. The number of carbonyl (C=O) groups excluding carboxylic acids is 1. The van der Waals surface area contributed by atoms with Gasteiger partial charge in [-0.25, -0.2) is 4.39 Å². The van der Waals surface area contributed by atoms with Crippen LogP contribution in [0.25, 0.3) is 10.9 Å². The van der Waals surface area contributed by atoms with Gasteiger partial charge in [-0.3, -0.25) is 0 Å². The number of hydrogen-bond acceptors (Lipinski definition) is 2. The average Bonchev–Trinajstić information content (AvgIpc) is 2.83. The number of aryl methyl sites for hydroxylation is 1. The summed E-state index contributed by atoms with van der Waals surface area (Å²) in [6.07, 6.45) is 1.75. The summed E-state index contributed by atoms with van der Waals surface area (Å²) in [4.78, 5) is 11.3. The van der Waals surface area contributed by atoms with Gasteiger partial charge in [0.2, 0.25) is 0 Å². The van der Waals surface area contributed by atoms with E-state index in [1.165, 1.54) is 0 Å². The quantitative estimate of drug-likeness (QED) is 0.874. The summed E-state index contributed by atoms with van der Waals surface area (Å²) in [5.41, 5.74) is 2.87. The van der Waals surface area contributed by atoms with Crippen LogP contribution in [0.2, 0.25) is 0 Å². The molecule has 0 spiro atoms. The summed E-state index contributed by atoms with van der Waals surface area (Å²) in [6, 6.07) is 5.22. The Labute approximate surface area is 129 Å². The third-order valence-corrected chi connectivity index (χ3v) is 4.92. The Bertz CT molecular complexity index is 732. The number of carboxylic acids is 1. The van der Waals surface area contributed by atoms with E-state index >= 15 is 0 Å². The van der Waals surface area contributed by atoms with Gasteiger partial charge in [-0.1, -0.05) is 20.8 Å². The molecule has 118 valence electrons. The molecule has 0 bridgehead atoms. The zero-order chi connectivity index (χ0) is 16.0. The monoisotopic (exact) mass is 302 g/mol. The Morgan fingerprint density at radius 2 is 2.05 bits per heavy atom. The van der Waals surface area contributed by atoms with Crippen LogP contribution >= 0.6 is 0 Å². The van der Waals surface area contributed by atoms with Crippen LogP contribution in [-0.2, 0) is 11.3 Å². The van der Waals surface area contributed by atoms with Crippen molar-refractivity contribution in [2.75, 3.05) is 0 Å². The molecule has 1 aliphatic heterocycles. The van der Waals surface area contributed by atoms with Crippen molar-refractivity contribution in [3.05, 3.63) is 35.3 Å². The molecule has 2 atom stereocenters. The van der Waals surface area contributed by atoms with E-state index in [1.54, 1.807) is 19.1 Å². The lowest BCUT2D eigenvalue weighted by atomic mass is 9.85. The summed E-state index contributed by atoms with van der Waals surface area (Å²) >= 11 is 0. The van der Waals surface area contributed by atoms with Crippen molar-refractivity contribution >= 4 is 16.9 Å². The fraction of sp³-hybridized carbons (Fsp3) is 0.500. The summed E-state index contributed by atoms with van der Waals surface area (Å²) in [6.45, 7) is 6.62. The summed E-state index contributed by atoms with van der Waals surface area (Å²) in [5, 5.41) is 12.3. The Kier molecular flexibility index (Phi) is 3.71. The molecule has 3 rings (SSSR count). The fourth-order valence-electron chi connectivity index (χ4n) is 3.69. The van der Waals surface area contributed by atoms with Crippen LogP contribution < -0.4 is 5.11 Å². The van der Waals surface area contributed by atoms with Crippen LogP contribution in [0.1, 0.15) is 56.7 Å². The number of carbonyl (C=O) groups is 1. The van der Waals surface area contributed by atoms with E-state index in [-0.39, 0.29) is 17.7 Å². The highest BCUT2D eigenvalue weighted by molar-refractivity contribution is 5.86. The van der Waals surface area contributed by atoms with E-state index in [0.29, 0.717) is 0 Å². The Balaban J connectivity index is 2.22. The van der Waals surface area contributed by atoms with Crippen LogP contribution in [0, 0.1) is 11.7 Å². The molecular weight excluding hydrogens is 281 g/mol. The number of rotatable bonds is 3. The second-order valence-electron chi connectivity index (χ2n) is 6.66. The van der Waals surface area contributed by atoms with Crippen LogP contribution in [-0.4, -0.2) is 10.5 Å². The smallest absolute Gasteiger partial charge is 0.125 e. The van der Waals surface area contributed by atoms with Crippen LogP contribution in [0.5, 0.6) is 0 Å². The van der Waals surface area contributed by atoms with Gasteiger partial charge in [-0.05, 0) is 42.5 Å². The first-order valence-corrected chi connectivity index (χ1v) is 7.93. The van der Waals surface area contributed by atoms with Crippen molar-refractivity contribution in [3.8, 4) is 0 Å². The molecule has 4 heteroatoms. The van der Waals surface area contributed by atoms with Gasteiger partial charge < -0.3 is 14.5 Å². The van der Waals surface area contributed by atoms with E-state index in [0.717, 1.165) is 41.5 Å². The molecule has 2 heterocycles. The molecule has 0 aliphatic carbocycles. The maximum atomic E-state index is 14.0. The minimum Gasteiger partial charge on any atom is -0.550 e. The minimum atomic E-state index is -1.01. The molecule has 0 fully saturated rings. The molecule has 0 saturated heterocycles. The Hall–Kier alpha value is -1.84. The van der Waals surface area contributed by atoms with Gasteiger partial charge in [0.25, 0.3) is 0 Å². The maximum absolute atomic E-state index is 14.0. The highest BCUT2D eigenvalue weighted by Crippen LogP contribution is 2.39. The first-order valence-electron chi connectivity index (χ1n) is 7.93. The number of benzene rings is 1. The van der Waals surface area contributed by atoms with Crippen molar-refractivity contribution < 1.29 is 14.3 Å². The van der Waals surface area contributed by atoms with Gasteiger partial charge >= 0.3 is 0 Å². The van der Waals surface area contributed by atoms with Gasteiger partial charge in [0.05, 0.1) is 5.52 Å². The SMILES string of the molecule is CC(C)c1cc(F)cc2c1cc1n2CCCC1C(C)C(=O)[O-]. The van der Waals surface area contributed by atoms with Crippen LogP contribution in [0.4, 0.5) is 4.39 Å². The van der Waals surface area contributed by atoms with Gasteiger partial charge in [-0.15, -0.1) is 0 Å². The van der Waals surface area contributed by atoms with Crippen molar-refractivity contribution in [2.24, 2.45) is 5.92 Å². The van der Waals surface area contributed by atoms with Crippen LogP contribution in [0.15, 0.2) is 18.2 Å². The zero-order valence-corrected chi connectivity index (χ0v) is 13.2. The molecular formula is C18H21FNO2-. The number of hydrogen-bond donors (Lipinski definition) is 0. The minimum absolute atomic E-state index is 0.0609. The molecule has 0 N–H and O–H groups in total. The van der Waals surface area contributed by atoms with Gasteiger partial charge in [0.1, 0.15) is 5.82 Å². The first-order chi connectivity index (χ1) is 10.4. The summed E-state index contributed by atoms with van der Waals surface area (Å²) in [7, 11) is 0. The molecule has 22 heavy (non-hydrogen) atoms. The normalized spacial score (nSPS) is 19.4. The van der Waals surface area contributed by atoms with E-state index < -0.39 is 11.9 Å². The summed E-state index contributed by atoms with van der Waals surface area (Å²) in [5.74, 6) is -1.62. The number of aromatic nitrogens is 1. The molecule has 1 aromatic carbocycles. The lowest BCUT2D eigenvalue weighted by Crippen LogP contribution is -2.35. The van der Waals surface area contributed by atoms with Crippen LogP contribution in [0.3, 0.4) is 0 Å². The zero-order valence-electron chi connectivity index (χ0n) is 13.2. The van der Waals surface area contributed by atoms with E-state index in [9.17, 15) is 14.3 Å². The summed E-state index contributed by atoms with van der Waals surface area (Å²) < 4.78 is 16.1. The molecule has 0 radical (unpaired) electrons. The molecule has 2 unspecified atom stereocenters. The van der Waals surface area contributed by atoms with E-state index in [1.807, 2.05) is 13.8 Å². The Morgan fingerprint density at radius 3 is 2.68 bits per heavy atom. The molecule has 3 nitrogen and oxygen atoms in total. The largest absolute Gasteiger partial charge is 0.550 e. The van der Waals surface area contributed by atoms with Gasteiger partial charge in [0, 0.05) is 35.4 Å². The number of halogens is 1. The lowest BCUT2D eigenvalue weighted by Gasteiger charge is -2.30.